The molecule has 4 atom stereocenters. The fourth-order valence-corrected chi connectivity index (χ4v) is 6.41. The normalized spacial score (nSPS) is 40.2. The van der Waals surface area contributed by atoms with Crippen molar-refractivity contribution in [2.24, 2.45) is 5.92 Å². The molecule has 26 heavy (non-hydrogen) atoms. The summed E-state index contributed by atoms with van der Waals surface area (Å²) in [7, 11) is 1.64. The molecule has 5 heteroatoms. The third kappa shape index (κ3) is 1.63. The van der Waals surface area contributed by atoms with Gasteiger partial charge in [-0.25, -0.2) is 0 Å². The molecule has 1 saturated heterocycles. The van der Waals surface area contributed by atoms with Crippen molar-refractivity contribution in [2.75, 3.05) is 20.2 Å². The molecule has 0 radical (unpaired) electrons. The van der Waals surface area contributed by atoms with Gasteiger partial charge in [0.05, 0.1) is 18.1 Å². The number of ketones is 1. The number of carbonyl (C=O) groups is 1. The summed E-state index contributed by atoms with van der Waals surface area (Å²) in [6, 6.07) is 4.16. The number of Topliss-reactive ketones (excluding diaryl/α,β-unsaturated/α-hetero) is 1. The average Bonchev–Trinajstić information content (AvgIpc) is 3.37. The predicted octanol–water partition coefficient (Wildman–Crippen LogP) is 1.83. The predicted molar refractivity (Wildman–Crippen MR) is 94.7 cm³/mol. The van der Waals surface area contributed by atoms with Crippen LogP contribution in [0.25, 0.3) is 0 Å². The number of piperidine rings is 1. The van der Waals surface area contributed by atoms with Crippen molar-refractivity contribution in [1.29, 1.82) is 0 Å². The second-order valence-corrected chi connectivity index (χ2v) is 8.90. The summed E-state index contributed by atoms with van der Waals surface area (Å²) in [5, 5.41) is 12.1. The monoisotopic (exact) mass is 355 g/mol. The highest BCUT2D eigenvalue weighted by molar-refractivity contribution is 5.90. The molecule has 1 aromatic rings. The summed E-state index contributed by atoms with van der Waals surface area (Å²) in [6.45, 7) is 2.02. The van der Waals surface area contributed by atoms with Crippen LogP contribution in [0.1, 0.15) is 43.2 Å². The van der Waals surface area contributed by atoms with Gasteiger partial charge < -0.3 is 14.6 Å². The Hall–Kier alpha value is -1.59. The highest BCUT2D eigenvalue weighted by Crippen LogP contribution is 2.65. The van der Waals surface area contributed by atoms with E-state index < -0.39 is 17.1 Å². The summed E-state index contributed by atoms with van der Waals surface area (Å²) < 4.78 is 11.8. The van der Waals surface area contributed by atoms with Gasteiger partial charge in [0.25, 0.3) is 0 Å². The first-order valence-corrected chi connectivity index (χ1v) is 9.94. The van der Waals surface area contributed by atoms with E-state index in [0.717, 1.165) is 37.4 Å². The Bertz CT molecular complexity index is 818. The maximum Gasteiger partial charge on any atom is 0.174 e. The summed E-state index contributed by atoms with van der Waals surface area (Å²) in [4.78, 5) is 15.4. The standard InChI is InChI=1S/C21H25NO4/c1-25-15-5-4-13-10-16-21(24)7-6-14(23)19-20(21,17(13)18(15)26-19)8-9-22(16)11-12-2-3-12/h4-5,12,16,19,24H,2-3,6-11H2,1H3/t16-,19+,20+,21?/m1/s1. The molecule has 138 valence electrons. The smallest absolute Gasteiger partial charge is 0.174 e. The molecule has 1 unspecified atom stereocenters. The fraction of sp³-hybridized carbons (Fsp3) is 0.667. The molecule has 5 aliphatic rings. The largest absolute Gasteiger partial charge is 0.493 e. The molecule has 0 aromatic heterocycles. The zero-order chi connectivity index (χ0) is 17.7. The van der Waals surface area contributed by atoms with Crippen molar-refractivity contribution in [3.63, 3.8) is 0 Å². The van der Waals surface area contributed by atoms with Crippen LogP contribution in [0.3, 0.4) is 0 Å². The molecule has 3 aliphatic carbocycles. The zero-order valence-electron chi connectivity index (χ0n) is 15.2. The number of rotatable bonds is 3. The van der Waals surface area contributed by atoms with Gasteiger partial charge in [-0.05, 0) is 56.2 Å². The fourth-order valence-electron chi connectivity index (χ4n) is 6.41. The van der Waals surface area contributed by atoms with Crippen LogP contribution in [0.15, 0.2) is 12.1 Å². The lowest BCUT2D eigenvalue weighted by atomic mass is 9.49. The number of nitrogens with zero attached hydrogens (tertiary/aromatic N) is 1. The Morgan fingerprint density at radius 1 is 1.35 bits per heavy atom. The lowest BCUT2D eigenvalue weighted by molar-refractivity contribution is -0.188. The summed E-state index contributed by atoms with van der Waals surface area (Å²) in [5.74, 6) is 2.32. The van der Waals surface area contributed by atoms with Crippen LogP contribution in [-0.4, -0.2) is 53.7 Å². The van der Waals surface area contributed by atoms with Gasteiger partial charge in [-0.1, -0.05) is 6.07 Å². The average molecular weight is 355 g/mol. The molecule has 6 rings (SSSR count). The van der Waals surface area contributed by atoms with Gasteiger partial charge >= 0.3 is 0 Å². The quantitative estimate of drug-likeness (QED) is 0.896. The number of hydrogen-bond acceptors (Lipinski definition) is 5. The van der Waals surface area contributed by atoms with Gasteiger partial charge in [-0.15, -0.1) is 0 Å². The number of carbonyl (C=O) groups excluding carboxylic acids is 1. The van der Waals surface area contributed by atoms with E-state index in [1.807, 2.05) is 6.07 Å². The minimum atomic E-state index is -0.886. The van der Waals surface area contributed by atoms with E-state index in [1.54, 1.807) is 7.11 Å². The zero-order valence-corrected chi connectivity index (χ0v) is 15.2. The van der Waals surface area contributed by atoms with Crippen molar-refractivity contribution < 1.29 is 19.4 Å². The van der Waals surface area contributed by atoms with Gasteiger partial charge in [0.2, 0.25) is 0 Å². The molecule has 2 bridgehead atoms. The lowest BCUT2D eigenvalue weighted by Gasteiger charge is -2.62. The molecule has 2 aliphatic heterocycles. The Labute approximate surface area is 153 Å². The van der Waals surface area contributed by atoms with Crippen molar-refractivity contribution in [2.45, 2.75) is 61.7 Å². The highest BCUT2D eigenvalue weighted by Gasteiger charge is 2.73. The second-order valence-electron chi connectivity index (χ2n) is 8.90. The van der Waals surface area contributed by atoms with E-state index in [2.05, 4.69) is 11.0 Å². The molecule has 2 saturated carbocycles. The molecule has 1 spiro atoms. The van der Waals surface area contributed by atoms with Gasteiger partial charge in [-0.3, -0.25) is 9.69 Å². The van der Waals surface area contributed by atoms with Crippen LogP contribution in [0.4, 0.5) is 0 Å². The lowest BCUT2D eigenvalue weighted by Crippen LogP contribution is -2.76. The molecular formula is C21H25NO4. The Kier molecular flexibility index (Phi) is 2.86. The molecule has 5 nitrogen and oxygen atoms in total. The van der Waals surface area contributed by atoms with Crippen molar-refractivity contribution in [1.82, 2.24) is 4.90 Å². The van der Waals surface area contributed by atoms with Gasteiger partial charge in [0.1, 0.15) is 0 Å². The van der Waals surface area contributed by atoms with E-state index in [9.17, 15) is 9.90 Å². The van der Waals surface area contributed by atoms with Crippen LogP contribution in [0, 0.1) is 5.92 Å². The van der Waals surface area contributed by atoms with Gasteiger partial charge in [-0.2, -0.15) is 0 Å². The summed E-state index contributed by atoms with van der Waals surface area (Å²) in [6.07, 6.45) is 4.65. The maximum atomic E-state index is 12.8. The first-order valence-electron chi connectivity index (χ1n) is 9.94. The molecule has 1 N–H and O–H groups in total. The van der Waals surface area contributed by atoms with Crippen LogP contribution >= 0.6 is 0 Å². The van der Waals surface area contributed by atoms with Crippen LogP contribution < -0.4 is 9.47 Å². The maximum absolute atomic E-state index is 12.8. The highest BCUT2D eigenvalue weighted by atomic mass is 16.5. The minimum Gasteiger partial charge on any atom is -0.493 e. The Balaban J connectivity index is 1.57. The van der Waals surface area contributed by atoms with E-state index >= 15 is 0 Å². The number of ether oxygens (including phenoxy) is 2. The van der Waals surface area contributed by atoms with E-state index in [4.69, 9.17) is 9.47 Å². The van der Waals surface area contributed by atoms with Crippen LogP contribution in [0.2, 0.25) is 0 Å². The molecule has 0 amide bonds. The third-order valence-corrected chi connectivity index (χ3v) is 7.76. The molecule has 1 aromatic carbocycles. The van der Waals surface area contributed by atoms with Crippen molar-refractivity contribution in [3.8, 4) is 11.5 Å². The first-order chi connectivity index (χ1) is 12.6. The molecule has 3 fully saturated rings. The van der Waals surface area contributed by atoms with Gasteiger partial charge in [0, 0.05) is 24.6 Å². The number of aliphatic hydroxyl groups is 1. The SMILES string of the molecule is COc1ccc2c3c1O[C@H]1C(=O)CCC4(O)[C@@H](C2)N(CC2CC2)CC[C@]314. The van der Waals surface area contributed by atoms with Crippen LogP contribution in [0.5, 0.6) is 11.5 Å². The van der Waals surface area contributed by atoms with E-state index in [-0.39, 0.29) is 11.8 Å². The number of likely N-dealkylation sites (tertiary alicyclic amines) is 1. The Morgan fingerprint density at radius 3 is 2.96 bits per heavy atom. The van der Waals surface area contributed by atoms with Crippen molar-refractivity contribution in [3.05, 3.63) is 23.3 Å². The number of benzene rings is 1. The summed E-state index contributed by atoms with van der Waals surface area (Å²) >= 11 is 0. The first kappa shape index (κ1) is 15.5. The van der Waals surface area contributed by atoms with Gasteiger partial charge in [0.15, 0.2) is 23.4 Å². The summed E-state index contributed by atoms with van der Waals surface area (Å²) in [5.41, 5.74) is 0.821. The third-order valence-electron chi connectivity index (χ3n) is 7.76. The van der Waals surface area contributed by atoms with E-state index in [0.29, 0.717) is 24.3 Å². The molecule has 2 heterocycles. The second kappa shape index (κ2) is 4.82. The topological polar surface area (TPSA) is 59.0 Å². The number of methoxy groups -OCH3 is 1. The molecular weight excluding hydrogens is 330 g/mol. The van der Waals surface area contributed by atoms with E-state index in [1.165, 1.54) is 18.4 Å². The van der Waals surface area contributed by atoms with Crippen molar-refractivity contribution >= 4 is 5.78 Å². The Morgan fingerprint density at radius 2 is 2.19 bits per heavy atom. The minimum absolute atomic E-state index is 0.0860. The van der Waals surface area contributed by atoms with Crippen LogP contribution in [-0.2, 0) is 16.6 Å². The number of hydrogen-bond donors (Lipinski definition) is 1.